The Morgan fingerprint density at radius 1 is 1.06 bits per heavy atom. The lowest BCUT2D eigenvalue weighted by molar-refractivity contribution is -0.119. The second-order valence-corrected chi connectivity index (χ2v) is 11.3. The van der Waals surface area contributed by atoms with Gasteiger partial charge in [-0.25, -0.2) is 4.79 Å². The number of hydrogen-bond donors (Lipinski definition) is 1. The van der Waals surface area contributed by atoms with Crippen LogP contribution in [0.25, 0.3) is 0 Å². The summed E-state index contributed by atoms with van der Waals surface area (Å²) in [4.78, 5) is 32.4. The normalized spacial score (nSPS) is 29.1. The molecule has 0 radical (unpaired) electrons. The quantitative estimate of drug-likeness (QED) is 0.611. The fraction of sp³-hybridized carbons (Fsp3) is 0.704. The van der Waals surface area contributed by atoms with E-state index in [1.54, 1.807) is 4.90 Å². The third-order valence-electron chi connectivity index (χ3n) is 8.82. The predicted molar refractivity (Wildman–Crippen MR) is 130 cm³/mol. The number of rotatable bonds is 9. The molecule has 1 spiro atoms. The highest BCUT2D eigenvalue weighted by Gasteiger charge is 2.56. The van der Waals surface area contributed by atoms with Crippen molar-refractivity contribution in [2.75, 3.05) is 40.3 Å². The minimum Gasteiger partial charge on any atom is -0.396 e. The van der Waals surface area contributed by atoms with E-state index < -0.39 is 0 Å². The van der Waals surface area contributed by atoms with Crippen molar-refractivity contribution in [3.8, 4) is 0 Å². The van der Waals surface area contributed by atoms with E-state index in [4.69, 9.17) is 5.11 Å². The molecule has 0 aromatic heterocycles. The third-order valence-corrected chi connectivity index (χ3v) is 8.82. The van der Waals surface area contributed by atoms with Gasteiger partial charge in [-0.15, -0.1) is 0 Å². The maximum Gasteiger partial charge on any atom is 0.321 e. The molecule has 1 aromatic carbocycles. The molecule has 1 saturated heterocycles. The van der Waals surface area contributed by atoms with Gasteiger partial charge in [0.1, 0.15) is 0 Å². The lowest BCUT2D eigenvalue weighted by Gasteiger charge is -2.53. The number of carbonyl (C=O) groups is 2. The van der Waals surface area contributed by atoms with Crippen LogP contribution in [0.4, 0.5) is 4.79 Å². The van der Waals surface area contributed by atoms with E-state index in [0.29, 0.717) is 19.4 Å². The maximum atomic E-state index is 13.6. The summed E-state index contributed by atoms with van der Waals surface area (Å²) in [5.41, 5.74) is 1.34. The Hall–Kier alpha value is -1.92. The van der Waals surface area contributed by atoms with E-state index in [1.807, 2.05) is 0 Å². The number of urea groups is 1. The number of carbonyl (C=O) groups excluding carboxylic acids is 2. The van der Waals surface area contributed by atoms with Gasteiger partial charge in [0.2, 0.25) is 0 Å². The molecular weight excluding hydrogens is 414 g/mol. The Balaban J connectivity index is 1.57. The summed E-state index contributed by atoms with van der Waals surface area (Å²) in [6.07, 6.45) is 8.29. The summed E-state index contributed by atoms with van der Waals surface area (Å²) in [5, 5.41) is 9.07. The Labute approximate surface area is 198 Å². The van der Waals surface area contributed by atoms with Gasteiger partial charge in [-0.1, -0.05) is 43.7 Å². The molecule has 1 aliphatic heterocycles. The van der Waals surface area contributed by atoms with Crippen LogP contribution in [0, 0.1) is 5.41 Å². The predicted octanol–water partition coefficient (Wildman–Crippen LogP) is 4.03. The van der Waals surface area contributed by atoms with Gasteiger partial charge in [0.05, 0.1) is 12.1 Å². The van der Waals surface area contributed by atoms with Crippen LogP contribution in [0.1, 0.15) is 70.3 Å². The van der Waals surface area contributed by atoms with Gasteiger partial charge >= 0.3 is 6.03 Å². The number of aliphatic hydroxyl groups excluding tert-OH is 1. The largest absolute Gasteiger partial charge is 0.396 e. The number of ketones is 1. The molecule has 1 heterocycles. The Kier molecular flexibility index (Phi) is 6.88. The van der Waals surface area contributed by atoms with Crippen LogP contribution in [0.2, 0.25) is 0 Å². The average Bonchev–Trinajstić information content (AvgIpc) is 3.03. The summed E-state index contributed by atoms with van der Waals surface area (Å²) in [6.45, 7) is 3.94. The molecule has 2 saturated carbocycles. The third kappa shape index (κ3) is 4.57. The molecule has 6 heteroatoms. The van der Waals surface area contributed by atoms with Gasteiger partial charge in [-0.3, -0.25) is 9.69 Å². The van der Waals surface area contributed by atoms with Crippen molar-refractivity contribution in [3.63, 3.8) is 0 Å². The number of nitrogens with zero attached hydrogens (tertiary/aromatic N) is 3. The van der Waals surface area contributed by atoms with Crippen molar-refractivity contribution in [3.05, 3.63) is 35.9 Å². The van der Waals surface area contributed by atoms with E-state index in [9.17, 15) is 9.59 Å². The molecule has 6 nitrogen and oxygen atoms in total. The highest BCUT2D eigenvalue weighted by molar-refractivity contribution is 5.87. The summed E-state index contributed by atoms with van der Waals surface area (Å²) in [6, 6.07) is 10.8. The Morgan fingerprint density at radius 2 is 1.73 bits per heavy atom. The minimum atomic E-state index is -0.193. The van der Waals surface area contributed by atoms with Gasteiger partial charge < -0.3 is 14.9 Å². The Bertz CT molecular complexity index is 841. The minimum absolute atomic E-state index is 0.0141. The first kappa shape index (κ1) is 24.2. The number of Topliss-reactive ketones (excluding diaryl/α,β-unsaturated/α-hetero) is 1. The zero-order chi connectivity index (χ0) is 23.7. The van der Waals surface area contributed by atoms with Gasteiger partial charge in [-0.2, -0.15) is 0 Å². The molecule has 0 unspecified atom stereocenters. The standard InChI is InChI=1S/C27H41N3O3/c1-25(12-8-13-25)20-30-24(33)29(19-23(32)11-7-18-31)21-26(30)14-16-27(17-15-26,28(2)3)22-9-5-4-6-10-22/h4-6,9-10,31H,7-8,11-21H2,1-3H3. The van der Waals surface area contributed by atoms with Gasteiger partial charge in [0.15, 0.2) is 5.78 Å². The summed E-state index contributed by atoms with van der Waals surface area (Å²) >= 11 is 0. The van der Waals surface area contributed by atoms with Crippen LogP contribution in [-0.2, 0) is 10.3 Å². The highest BCUT2D eigenvalue weighted by Crippen LogP contribution is 2.51. The molecular formula is C27H41N3O3. The fourth-order valence-electron chi connectivity index (χ4n) is 6.43. The van der Waals surface area contributed by atoms with Crippen molar-refractivity contribution in [2.24, 2.45) is 5.41 Å². The summed E-state index contributed by atoms with van der Waals surface area (Å²) in [5.74, 6) is 0.0481. The van der Waals surface area contributed by atoms with Crippen molar-refractivity contribution >= 4 is 11.8 Å². The first-order chi connectivity index (χ1) is 15.7. The van der Waals surface area contributed by atoms with Gasteiger partial charge in [0.25, 0.3) is 0 Å². The second-order valence-electron chi connectivity index (χ2n) is 11.3. The summed E-state index contributed by atoms with van der Waals surface area (Å²) in [7, 11) is 4.34. The van der Waals surface area contributed by atoms with Crippen LogP contribution in [0.5, 0.6) is 0 Å². The lowest BCUT2D eigenvalue weighted by atomic mass is 9.66. The maximum absolute atomic E-state index is 13.6. The van der Waals surface area contributed by atoms with E-state index in [2.05, 4.69) is 61.2 Å². The molecule has 2 aliphatic carbocycles. The van der Waals surface area contributed by atoms with E-state index >= 15 is 0 Å². The summed E-state index contributed by atoms with van der Waals surface area (Å²) < 4.78 is 0. The zero-order valence-corrected chi connectivity index (χ0v) is 20.7. The molecule has 4 rings (SSSR count). The van der Waals surface area contributed by atoms with Crippen molar-refractivity contribution in [2.45, 2.75) is 75.8 Å². The van der Waals surface area contributed by atoms with E-state index in [-0.39, 0.29) is 41.5 Å². The van der Waals surface area contributed by atoms with Gasteiger partial charge in [0, 0.05) is 31.7 Å². The van der Waals surface area contributed by atoms with Crippen LogP contribution in [0.15, 0.2) is 30.3 Å². The topological polar surface area (TPSA) is 64.1 Å². The molecule has 2 amide bonds. The highest BCUT2D eigenvalue weighted by atomic mass is 16.3. The first-order valence-electron chi connectivity index (χ1n) is 12.7. The average molecular weight is 456 g/mol. The van der Waals surface area contributed by atoms with E-state index in [1.165, 1.54) is 24.8 Å². The van der Waals surface area contributed by atoms with Crippen LogP contribution >= 0.6 is 0 Å². The van der Waals surface area contributed by atoms with Crippen LogP contribution in [-0.4, -0.2) is 77.5 Å². The smallest absolute Gasteiger partial charge is 0.321 e. The van der Waals surface area contributed by atoms with E-state index in [0.717, 1.165) is 32.2 Å². The second kappa shape index (κ2) is 9.38. The van der Waals surface area contributed by atoms with Crippen molar-refractivity contribution < 1.29 is 14.7 Å². The van der Waals surface area contributed by atoms with Crippen molar-refractivity contribution in [1.82, 2.24) is 14.7 Å². The Morgan fingerprint density at radius 3 is 2.27 bits per heavy atom. The van der Waals surface area contributed by atoms with Gasteiger partial charge in [-0.05, 0) is 70.0 Å². The number of benzene rings is 1. The monoisotopic (exact) mass is 455 g/mol. The molecule has 0 bridgehead atoms. The molecule has 1 aromatic rings. The molecule has 0 atom stereocenters. The number of hydrogen-bond acceptors (Lipinski definition) is 4. The zero-order valence-electron chi connectivity index (χ0n) is 20.7. The lowest BCUT2D eigenvalue weighted by Crippen LogP contribution is -2.57. The van der Waals surface area contributed by atoms with Crippen molar-refractivity contribution in [1.29, 1.82) is 0 Å². The van der Waals surface area contributed by atoms with Crippen LogP contribution in [0.3, 0.4) is 0 Å². The molecule has 182 valence electrons. The SMILES string of the molecule is CN(C)C1(c2ccccc2)CCC2(CC1)CN(CC(=O)CCCO)C(=O)N2CC1(C)CCC1. The molecule has 1 N–H and O–H groups in total. The van der Waals surface area contributed by atoms with Crippen LogP contribution < -0.4 is 0 Å². The number of amides is 2. The molecule has 33 heavy (non-hydrogen) atoms. The fourth-order valence-corrected chi connectivity index (χ4v) is 6.43. The first-order valence-corrected chi connectivity index (χ1v) is 12.7. The molecule has 3 aliphatic rings. The number of aliphatic hydroxyl groups is 1. The molecule has 3 fully saturated rings.